The first-order valence-corrected chi connectivity index (χ1v) is 19.0. The van der Waals surface area contributed by atoms with Gasteiger partial charge in [0.25, 0.3) is 0 Å². The van der Waals surface area contributed by atoms with Crippen LogP contribution in [0.1, 0.15) is 73.1 Å². The van der Waals surface area contributed by atoms with Gasteiger partial charge in [0, 0.05) is 0 Å². The molecule has 0 bridgehead atoms. The quantitative estimate of drug-likeness (QED) is 0.246. The molecule has 0 saturated carbocycles. The van der Waals surface area contributed by atoms with Crippen LogP contribution in [0.2, 0.25) is 13.3 Å². The van der Waals surface area contributed by atoms with E-state index in [1.807, 2.05) is 14.0 Å². The second kappa shape index (κ2) is 16.2. The first kappa shape index (κ1) is 27.4. The second-order valence-corrected chi connectivity index (χ2v) is 21.5. The van der Waals surface area contributed by atoms with Crippen molar-refractivity contribution in [2.45, 2.75) is 98.7 Å². The molecule has 0 saturated heterocycles. The van der Waals surface area contributed by atoms with Gasteiger partial charge >= 0.3 is 174 Å². The van der Waals surface area contributed by atoms with Crippen LogP contribution in [0.4, 0.5) is 0 Å². The first-order chi connectivity index (χ1) is 12.9. The Bertz CT molecular complexity index is 351. The molecule has 27 heavy (non-hydrogen) atoms. The van der Waals surface area contributed by atoms with E-state index in [0.717, 1.165) is 0 Å². The number of unbranched alkanes of at least 4 members (excludes halogenated alkanes) is 3. The molecule has 0 rings (SSSR count). The molecule has 0 aliphatic carbocycles. The zero-order valence-corrected chi connectivity index (χ0v) is 22.2. The Kier molecular flexibility index (Phi) is 16.5. The fourth-order valence-electron chi connectivity index (χ4n) is 4.23. The fourth-order valence-corrected chi connectivity index (χ4v) is 18.6. The third-order valence-electron chi connectivity index (χ3n) is 6.15. The molecule has 0 unspecified atom stereocenters. The summed E-state index contributed by atoms with van der Waals surface area (Å²) < 4.78 is 18.7. The SMILES string of the molecule is CCC[CH2][Sn](/[CH]=C/[C@H](OC)[C@H](C)[C@@H](OC)[C@@H](C)CO)([CH2]CCC)[CH2]CCC. The summed E-state index contributed by atoms with van der Waals surface area (Å²) in [5.41, 5.74) is 0. The second-order valence-electron chi connectivity index (χ2n) is 8.45. The summed E-state index contributed by atoms with van der Waals surface area (Å²) in [7, 11) is 3.56. The third kappa shape index (κ3) is 10.1. The van der Waals surface area contributed by atoms with Gasteiger partial charge in [-0.1, -0.05) is 0 Å². The Labute approximate surface area is 174 Å². The standard InChI is InChI=1S/C11H21O3.3C4H9.Sn/c1-6-10(13-4)9(3)11(14-5)8(2)7-12;3*1-3-4-2;/h1,6,8-12H,7H2,2-5H3;3*1,3-4H2,2H3;/t8-,9-,10-,11-;;;;/m0..../s1. The Morgan fingerprint density at radius 2 is 1.33 bits per heavy atom. The molecule has 0 spiro atoms. The molecule has 0 amide bonds. The summed E-state index contributed by atoms with van der Waals surface area (Å²) in [5.74, 6) is 0.343. The predicted molar refractivity (Wildman–Crippen MR) is 121 cm³/mol. The minimum absolute atomic E-state index is 0.0103. The van der Waals surface area contributed by atoms with Gasteiger partial charge in [0.1, 0.15) is 0 Å². The van der Waals surface area contributed by atoms with Crippen molar-refractivity contribution in [3.05, 3.63) is 10.2 Å². The molecule has 0 aliphatic rings. The van der Waals surface area contributed by atoms with Crippen molar-refractivity contribution < 1.29 is 14.6 Å². The van der Waals surface area contributed by atoms with Crippen LogP contribution < -0.4 is 0 Å². The van der Waals surface area contributed by atoms with E-state index >= 15 is 0 Å². The number of hydrogen-bond donors (Lipinski definition) is 1. The van der Waals surface area contributed by atoms with Crippen molar-refractivity contribution in [1.82, 2.24) is 0 Å². The van der Waals surface area contributed by atoms with Gasteiger partial charge in [-0.3, -0.25) is 0 Å². The first-order valence-electron chi connectivity index (χ1n) is 11.3. The van der Waals surface area contributed by atoms with Crippen LogP contribution in [0.5, 0.6) is 0 Å². The van der Waals surface area contributed by atoms with Gasteiger partial charge in [0.15, 0.2) is 0 Å². The van der Waals surface area contributed by atoms with E-state index < -0.39 is 18.4 Å². The Morgan fingerprint density at radius 3 is 1.67 bits per heavy atom. The zero-order chi connectivity index (χ0) is 20.7. The van der Waals surface area contributed by atoms with Gasteiger partial charge < -0.3 is 0 Å². The predicted octanol–water partition coefficient (Wildman–Crippen LogP) is 6.23. The van der Waals surface area contributed by atoms with Crippen molar-refractivity contribution in [3.8, 4) is 0 Å². The molecule has 0 aromatic rings. The monoisotopic (exact) mass is 492 g/mol. The average molecular weight is 491 g/mol. The van der Waals surface area contributed by atoms with Crippen LogP contribution in [-0.2, 0) is 9.47 Å². The molecule has 0 aromatic carbocycles. The van der Waals surface area contributed by atoms with Crippen LogP contribution >= 0.6 is 0 Å². The molecule has 4 atom stereocenters. The van der Waals surface area contributed by atoms with Gasteiger partial charge in [-0.15, -0.1) is 0 Å². The van der Waals surface area contributed by atoms with Crippen LogP contribution in [0.25, 0.3) is 0 Å². The minimum atomic E-state index is -2.29. The molecular weight excluding hydrogens is 443 g/mol. The maximum absolute atomic E-state index is 9.56. The van der Waals surface area contributed by atoms with E-state index in [0.29, 0.717) is 0 Å². The number of aliphatic hydroxyl groups excluding tert-OH is 1. The van der Waals surface area contributed by atoms with E-state index in [2.05, 4.69) is 37.9 Å². The van der Waals surface area contributed by atoms with Crippen molar-refractivity contribution in [3.63, 3.8) is 0 Å². The Balaban J connectivity index is 5.47. The van der Waals surface area contributed by atoms with Gasteiger partial charge in [0.2, 0.25) is 0 Å². The number of hydrogen-bond acceptors (Lipinski definition) is 3. The molecule has 0 fully saturated rings. The van der Waals surface area contributed by atoms with Crippen LogP contribution in [0.15, 0.2) is 10.2 Å². The van der Waals surface area contributed by atoms with Crippen molar-refractivity contribution in [1.29, 1.82) is 0 Å². The van der Waals surface area contributed by atoms with Crippen molar-refractivity contribution in [2.75, 3.05) is 20.8 Å². The summed E-state index contributed by atoms with van der Waals surface area (Å²) in [6.07, 6.45) is 10.5. The van der Waals surface area contributed by atoms with E-state index in [1.165, 1.54) is 51.8 Å². The van der Waals surface area contributed by atoms with E-state index in [9.17, 15) is 5.11 Å². The number of rotatable bonds is 17. The summed E-state index contributed by atoms with van der Waals surface area (Å²) in [4.78, 5) is 0. The van der Waals surface area contributed by atoms with Gasteiger partial charge in [-0.05, 0) is 0 Å². The van der Waals surface area contributed by atoms with Crippen LogP contribution in [0.3, 0.4) is 0 Å². The average Bonchev–Trinajstić information content (AvgIpc) is 2.69. The number of aliphatic hydroxyl groups is 1. The van der Waals surface area contributed by atoms with Gasteiger partial charge in [-0.2, -0.15) is 0 Å². The normalized spacial score (nSPS) is 17.2. The Hall–Kier alpha value is 0.419. The molecule has 3 nitrogen and oxygen atoms in total. The van der Waals surface area contributed by atoms with Crippen molar-refractivity contribution in [2.24, 2.45) is 11.8 Å². The van der Waals surface area contributed by atoms with Crippen molar-refractivity contribution >= 4 is 18.4 Å². The number of ether oxygens (including phenoxy) is 2. The molecule has 0 radical (unpaired) electrons. The van der Waals surface area contributed by atoms with Gasteiger partial charge in [0.05, 0.1) is 0 Å². The topological polar surface area (TPSA) is 38.7 Å². The summed E-state index contributed by atoms with van der Waals surface area (Å²) in [6.45, 7) is 11.3. The third-order valence-corrected chi connectivity index (χ3v) is 20.3. The molecule has 0 aliphatic heterocycles. The molecular formula is C23H48O3Sn. The van der Waals surface area contributed by atoms with Gasteiger partial charge in [-0.25, -0.2) is 0 Å². The summed E-state index contributed by atoms with van der Waals surface area (Å²) in [6, 6.07) is 0. The molecule has 1 N–H and O–H groups in total. The fraction of sp³-hybridized carbons (Fsp3) is 0.913. The van der Waals surface area contributed by atoms with Crippen LogP contribution in [-0.4, -0.2) is 56.5 Å². The molecule has 162 valence electrons. The zero-order valence-electron chi connectivity index (χ0n) is 19.3. The Morgan fingerprint density at radius 1 is 0.852 bits per heavy atom. The maximum atomic E-state index is 9.56. The molecule has 0 aromatic heterocycles. The van der Waals surface area contributed by atoms with E-state index in [-0.39, 0.29) is 30.7 Å². The van der Waals surface area contributed by atoms with E-state index in [4.69, 9.17) is 9.47 Å². The van der Waals surface area contributed by atoms with E-state index in [1.54, 1.807) is 7.11 Å². The molecule has 0 heterocycles. The summed E-state index contributed by atoms with van der Waals surface area (Å²) in [5, 5.41) is 9.56. The number of methoxy groups -OCH3 is 2. The summed E-state index contributed by atoms with van der Waals surface area (Å²) >= 11 is -2.29. The van der Waals surface area contributed by atoms with Crippen LogP contribution in [0, 0.1) is 11.8 Å². The molecule has 4 heteroatoms.